The maximum atomic E-state index is 12.5. The van der Waals surface area contributed by atoms with Crippen LogP contribution in [-0.2, 0) is 4.74 Å². The van der Waals surface area contributed by atoms with Gasteiger partial charge in [0.2, 0.25) is 0 Å². The fraction of sp³-hybridized carbons (Fsp3) is 0.321. The van der Waals surface area contributed by atoms with Crippen LogP contribution in [0.3, 0.4) is 0 Å². The average molecular weight is 458 g/mol. The summed E-state index contributed by atoms with van der Waals surface area (Å²) in [5, 5.41) is 19.2. The van der Waals surface area contributed by atoms with Crippen molar-refractivity contribution in [3.63, 3.8) is 0 Å². The summed E-state index contributed by atoms with van der Waals surface area (Å²) in [5.41, 5.74) is 2.16. The number of nitriles is 1. The molecule has 1 N–H and O–H groups in total. The molecule has 0 spiro atoms. The summed E-state index contributed by atoms with van der Waals surface area (Å²) in [7, 11) is 0. The molecule has 0 saturated carbocycles. The Balaban J connectivity index is 0.000000469. The average Bonchev–Trinajstić information content (AvgIpc) is 2.84. The Bertz CT molecular complexity index is 1080. The van der Waals surface area contributed by atoms with Crippen LogP contribution in [0.25, 0.3) is 11.3 Å². The molecule has 1 aliphatic heterocycles. The zero-order chi connectivity index (χ0) is 24.6. The second kappa shape index (κ2) is 11.4. The molecule has 0 radical (unpaired) electrons. The van der Waals surface area contributed by atoms with E-state index in [1.165, 1.54) is 0 Å². The highest BCUT2D eigenvalue weighted by Gasteiger charge is 2.33. The smallest absolute Gasteiger partial charge is 0.410 e. The van der Waals surface area contributed by atoms with E-state index >= 15 is 0 Å². The van der Waals surface area contributed by atoms with Gasteiger partial charge in [-0.2, -0.15) is 5.26 Å². The predicted molar refractivity (Wildman–Crippen MR) is 132 cm³/mol. The molecule has 0 bridgehead atoms. The van der Waals surface area contributed by atoms with E-state index in [1.54, 1.807) is 37.1 Å². The molecule has 34 heavy (non-hydrogen) atoms. The van der Waals surface area contributed by atoms with Crippen LogP contribution < -0.4 is 0 Å². The van der Waals surface area contributed by atoms with Crippen molar-refractivity contribution in [3.8, 4) is 17.3 Å². The number of hydrogen-bond donors (Lipinski definition) is 1. The molecule has 3 aromatic rings. The topological polar surface area (TPSA) is 86.5 Å². The number of ether oxygens (including phenoxy) is 1. The maximum absolute atomic E-state index is 12.5. The summed E-state index contributed by atoms with van der Waals surface area (Å²) in [5.74, 6) is 0. The van der Waals surface area contributed by atoms with Crippen LogP contribution in [0.15, 0.2) is 79.0 Å². The van der Waals surface area contributed by atoms with Crippen LogP contribution in [0.5, 0.6) is 0 Å². The van der Waals surface area contributed by atoms with Crippen LogP contribution in [-0.4, -0.2) is 39.3 Å². The first-order valence-corrected chi connectivity index (χ1v) is 11.4. The lowest BCUT2D eigenvalue weighted by Crippen LogP contribution is -2.45. The van der Waals surface area contributed by atoms with Gasteiger partial charge >= 0.3 is 6.09 Å². The second-order valence-electron chi connectivity index (χ2n) is 8.97. The van der Waals surface area contributed by atoms with Gasteiger partial charge in [-0.3, -0.25) is 4.98 Å². The van der Waals surface area contributed by atoms with Gasteiger partial charge in [0.25, 0.3) is 0 Å². The Morgan fingerprint density at radius 1 is 1.12 bits per heavy atom. The van der Waals surface area contributed by atoms with Gasteiger partial charge in [-0.15, -0.1) is 0 Å². The van der Waals surface area contributed by atoms with Crippen LogP contribution >= 0.6 is 0 Å². The molecular weight excluding hydrogens is 426 g/mol. The largest absolute Gasteiger partial charge is 0.446 e. The van der Waals surface area contributed by atoms with Crippen molar-refractivity contribution < 1.29 is 14.6 Å². The number of carbonyl (C=O) groups is 1. The summed E-state index contributed by atoms with van der Waals surface area (Å²) in [4.78, 5) is 18.5. The highest BCUT2D eigenvalue weighted by Crippen LogP contribution is 2.29. The Labute approximate surface area is 201 Å². The monoisotopic (exact) mass is 457 g/mol. The second-order valence-corrected chi connectivity index (χ2v) is 8.97. The van der Waals surface area contributed by atoms with Gasteiger partial charge < -0.3 is 14.7 Å². The highest BCUT2D eigenvalue weighted by molar-refractivity contribution is 5.70. The van der Waals surface area contributed by atoms with E-state index < -0.39 is 5.60 Å². The zero-order valence-corrected chi connectivity index (χ0v) is 19.9. The minimum atomic E-state index is -0.859. The van der Waals surface area contributed by atoms with Crippen molar-refractivity contribution in [1.29, 1.82) is 5.26 Å². The number of carbonyl (C=O) groups excluding carboxylic acids is 1. The molecule has 1 aliphatic rings. The quantitative estimate of drug-likeness (QED) is 0.528. The normalized spacial score (nSPS) is 16.5. The SMILES string of the molecule is CC(c1ccc(-c2ncccc2C#N)cc1)N1CCC(CC(C)(C)O)OC1=O.c1ccccc1. The number of amides is 1. The summed E-state index contributed by atoms with van der Waals surface area (Å²) >= 11 is 0. The molecule has 2 atom stereocenters. The third-order valence-corrected chi connectivity index (χ3v) is 5.65. The number of aliphatic hydroxyl groups is 1. The third kappa shape index (κ3) is 6.90. The first-order valence-electron chi connectivity index (χ1n) is 11.4. The first-order chi connectivity index (χ1) is 16.3. The fourth-order valence-electron chi connectivity index (χ4n) is 3.91. The van der Waals surface area contributed by atoms with Gasteiger partial charge in [-0.25, -0.2) is 4.79 Å². The van der Waals surface area contributed by atoms with Gasteiger partial charge in [0.1, 0.15) is 12.2 Å². The molecule has 4 rings (SSSR count). The van der Waals surface area contributed by atoms with Crippen molar-refractivity contribution in [3.05, 3.63) is 90.1 Å². The molecule has 2 heterocycles. The van der Waals surface area contributed by atoms with Crippen LogP contribution in [0, 0.1) is 11.3 Å². The third-order valence-electron chi connectivity index (χ3n) is 5.65. The van der Waals surface area contributed by atoms with Crippen molar-refractivity contribution >= 4 is 6.09 Å². The number of pyridine rings is 1. The lowest BCUT2D eigenvalue weighted by Gasteiger charge is -2.37. The number of hydrogen-bond acceptors (Lipinski definition) is 5. The Morgan fingerprint density at radius 3 is 2.26 bits per heavy atom. The Kier molecular flexibility index (Phi) is 8.39. The number of nitrogens with zero attached hydrogens (tertiary/aromatic N) is 3. The predicted octanol–water partition coefficient (Wildman–Crippen LogP) is 5.74. The number of rotatable bonds is 5. The van der Waals surface area contributed by atoms with E-state index in [0.29, 0.717) is 30.6 Å². The van der Waals surface area contributed by atoms with Crippen molar-refractivity contribution in [2.75, 3.05) is 6.54 Å². The van der Waals surface area contributed by atoms with E-state index in [1.807, 2.05) is 67.6 Å². The molecule has 1 aromatic heterocycles. The summed E-state index contributed by atoms with van der Waals surface area (Å²) < 4.78 is 5.52. The molecule has 6 heteroatoms. The minimum absolute atomic E-state index is 0.135. The van der Waals surface area contributed by atoms with Crippen molar-refractivity contribution in [2.45, 2.75) is 51.4 Å². The van der Waals surface area contributed by atoms with Gasteiger partial charge in [-0.1, -0.05) is 60.7 Å². The van der Waals surface area contributed by atoms with Crippen LogP contribution in [0.2, 0.25) is 0 Å². The Hall–Kier alpha value is -3.69. The Morgan fingerprint density at radius 2 is 1.74 bits per heavy atom. The van der Waals surface area contributed by atoms with Crippen molar-refractivity contribution in [2.24, 2.45) is 0 Å². The lowest BCUT2D eigenvalue weighted by atomic mass is 9.97. The summed E-state index contributed by atoms with van der Waals surface area (Å²) in [6.07, 6.45) is 2.18. The molecule has 2 aromatic carbocycles. The van der Waals surface area contributed by atoms with E-state index in [9.17, 15) is 15.2 Å². The molecule has 6 nitrogen and oxygen atoms in total. The van der Waals surface area contributed by atoms with E-state index in [0.717, 1.165) is 11.1 Å². The molecule has 1 saturated heterocycles. The van der Waals surface area contributed by atoms with Crippen molar-refractivity contribution in [1.82, 2.24) is 9.88 Å². The molecule has 0 aliphatic carbocycles. The van der Waals surface area contributed by atoms with Gasteiger partial charge in [-0.05, 0) is 38.5 Å². The number of cyclic esters (lactones) is 1. The molecule has 1 fully saturated rings. The maximum Gasteiger partial charge on any atom is 0.410 e. The van der Waals surface area contributed by atoms with Gasteiger partial charge in [0.05, 0.1) is 22.9 Å². The molecule has 176 valence electrons. The lowest BCUT2D eigenvalue weighted by molar-refractivity contribution is -0.0309. The van der Waals surface area contributed by atoms with Gasteiger partial charge in [0, 0.05) is 31.1 Å². The minimum Gasteiger partial charge on any atom is -0.446 e. The standard InChI is InChI=1S/C22H25N3O3.C6H6/c1-15(25-12-10-19(28-21(25)26)13-22(2,3)27)16-6-8-17(9-7-16)20-18(14-23)5-4-11-24-20;1-2-4-6-5-3-1/h4-9,11,15,19,27H,10,12-13H2,1-3H3;1-6H. The first kappa shape index (κ1) is 24.9. The van der Waals surface area contributed by atoms with Crippen LogP contribution in [0.4, 0.5) is 4.79 Å². The van der Waals surface area contributed by atoms with Crippen LogP contribution in [0.1, 0.15) is 50.8 Å². The molecule has 1 amide bonds. The van der Waals surface area contributed by atoms with E-state index in [4.69, 9.17) is 4.74 Å². The molecular formula is C28H31N3O3. The zero-order valence-electron chi connectivity index (χ0n) is 19.9. The molecule has 2 unspecified atom stereocenters. The summed E-state index contributed by atoms with van der Waals surface area (Å²) in [6.45, 7) is 5.99. The number of aromatic nitrogens is 1. The van der Waals surface area contributed by atoms with E-state index in [-0.39, 0.29) is 18.2 Å². The summed E-state index contributed by atoms with van der Waals surface area (Å²) in [6, 6.07) is 25.2. The number of benzene rings is 2. The fourth-order valence-corrected chi connectivity index (χ4v) is 3.91. The van der Waals surface area contributed by atoms with Gasteiger partial charge in [0.15, 0.2) is 0 Å². The highest BCUT2D eigenvalue weighted by atomic mass is 16.6. The van der Waals surface area contributed by atoms with E-state index in [2.05, 4.69) is 11.1 Å².